The Labute approximate surface area is 130 Å². The Kier molecular flexibility index (Phi) is 3.93. The molecule has 0 aromatic heterocycles. The highest BCUT2D eigenvalue weighted by atomic mass is 35.5. The predicted octanol–water partition coefficient (Wildman–Crippen LogP) is 2.97. The van der Waals surface area contributed by atoms with Gasteiger partial charge in [0.1, 0.15) is 5.82 Å². The van der Waals surface area contributed by atoms with Crippen LogP contribution >= 0.6 is 11.6 Å². The molecule has 112 valence electrons. The third-order valence-corrected chi connectivity index (χ3v) is 3.30. The molecule has 1 N–H and O–H groups in total. The zero-order valence-corrected chi connectivity index (χ0v) is 11.9. The highest BCUT2D eigenvalue weighted by Gasteiger charge is 2.15. The summed E-state index contributed by atoms with van der Waals surface area (Å²) < 4.78 is 23.2. The number of ether oxygens (including phenoxy) is 2. The zero-order chi connectivity index (χ0) is 15.5. The van der Waals surface area contributed by atoms with Gasteiger partial charge in [0.25, 0.3) is 5.91 Å². The second-order valence-corrected chi connectivity index (χ2v) is 4.84. The first kappa shape index (κ1) is 14.3. The lowest BCUT2D eigenvalue weighted by molar-refractivity contribution is 0.0955. The van der Waals surface area contributed by atoms with Crippen molar-refractivity contribution >= 4 is 23.7 Å². The van der Waals surface area contributed by atoms with Gasteiger partial charge in [-0.15, -0.1) is 0 Å². The molecule has 0 fully saturated rings. The third kappa shape index (κ3) is 3.01. The summed E-state index contributed by atoms with van der Waals surface area (Å²) in [6.45, 7) is 0.146. The largest absolute Gasteiger partial charge is 0.454 e. The number of hydrogen-bond acceptors (Lipinski definition) is 4. The molecule has 0 radical (unpaired) electrons. The van der Waals surface area contributed by atoms with Crippen LogP contribution in [0.5, 0.6) is 11.5 Å². The van der Waals surface area contributed by atoms with Gasteiger partial charge in [-0.1, -0.05) is 11.6 Å². The van der Waals surface area contributed by atoms with Crippen molar-refractivity contribution in [2.24, 2.45) is 5.10 Å². The number of rotatable bonds is 3. The molecule has 0 bridgehead atoms. The van der Waals surface area contributed by atoms with Gasteiger partial charge in [-0.25, -0.2) is 9.82 Å². The van der Waals surface area contributed by atoms with Gasteiger partial charge in [-0.3, -0.25) is 4.79 Å². The third-order valence-electron chi connectivity index (χ3n) is 2.97. The van der Waals surface area contributed by atoms with Crippen molar-refractivity contribution in [1.29, 1.82) is 0 Å². The first-order valence-corrected chi connectivity index (χ1v) is 6.69. The number of carbonyl (C=O) groups excluding carboxylic acids is 1. The van der Waals surface area contributed by atoms with Gasteiger partial charge in [0.15, 0.2) is 11.5 Å². The average Bonchev–Trinajstić information content (AvgIpc) is 2.95. The van der Waals surface area contributed by atoms with Crippen LogP contribution in [0.1, 0.15) is 15.9 Å². The number of hydrogen-bond donors (Lipinski definition) is 1. The lowest BCUT2D eigenvalue weighted by Gasteiger charge is -2.02. The van der Waals surface area contributed by atoms with Crippen molar-refractivity contribution in [3.8, 4) is 11.5 Å². The van der Waals surface area contributed by atoms with Crippen LogP contribution < -0.4 is 14.9 Å². The van der Waals surface area contributed by atoms with Gasteiger partial charge >= 0.3 is 0 Å². The van der Waals surface area contributed by atoms with E-state index in [1.54, 1.807) is 12.1 Å². The molecule has 1 amide bonds. The highest BCUT2D eigenvalue weighted by molar-refractivity contribution is 6.33. The van der Waals surface area contributed by atoms with E-state index in [1.165, 1.54) is 30.5 Å². The van der Waals surface area contributed by atoms with Gasteiger partial charge in [-0.2, -0.15) is 5.10 Å². The van der Waals surface area contributed by atoms with Crippen molar-refractivity contribution in [2.45, 2.75) is 0 Å². The van der Waals surface area contributed by atoms with Crippen LogP contribution in [0.4, 0.5) is 4.39 Å². The van der Waals surface area contributed by atoms with Gasteiger partial charge < -0.3 is 9.47 Å². The number of hydrazone groups is 1. The number of benzene rings is 2. The number of fused-ring (bicyclic) bond motifs is 1. The van der Waals surface area contributed by atoms with E-state index in [9.17, 15) is 9.18 Å². The topological polar surface area (TPSA) is 59.9 Å². The van der Waals surface area contributed by atoms with E-state index >= 15 is 0 Å². The van der Waals surface area contributed by atoms with E-state index in [4.69, 9.17) is 21.1 Å². The van der Waals surface area contributed by atoms with E-state index in [0.29, 0.717) is 27.6 Å². The molecule has 7 heteroatoms. The first-order chi connectivity index (χ1) is 10.6. The van der Waals surface area contributed by atoms with Crippen LogP contribution in [-0.2, 0) is 0 Å². The summed E-state index contributed by atoms with van der Waals surface area (Å²) in [6.07, 6.45) is 1.39. The SMILES string of the molecule is O=C(NN=Cc1cc2c(cc1Cl)OCO2)c1ccc(F)cc1. The summed E-state index contributed by atoms with van der Waals surface area (Å²) in [5, 5.41) is 4.25. The fourth-order valence-corrected chi connectivity index (χ4v) is 2.06. The molecular formula is C15H10ClFN2O3. The second-order valence-electron chi connectivity index (χ2n) is 4.43. The van der Waals surface area contributed by atoms with Crippen molar-refractivity contribution in [2.75, 3.05) is 6.79 Å². The average molecular weight is 321 g/mol. The summed E-state index contributed by atoms with van der Waals surface area (Å²) in [5.41, 5.74) is 3.21. The molecule has 0 atom stereocenters. The normalized spacial score (nSPS) is 12.6. The number of nitrogens with zero attached hydrogens (tertiary/aromatic N) is 1. The highest BCUT2D eigenvalue weighted by Crippen LogP contribution is 2.36. The van der Waals surface area contributed by atoms with Crippen LogP contribution in [0.25, 0.3) is 0 Å². The molecule has 0 aliphatic carbocycles. The lowest BCUT2D eigenvalue weighted by atomic mass is 10.2. The van der Waals surface area contributed by atoms with Crippen LogP contribution in [0.2, 0.25) is 5.02 Å². The van der Waals surface area contributed by atoms with Crippen molar-refractivity contribution in [3.05, 3.63) is 58.4 Å². The van der Waals surface area contributed by atoms with Crippen molar-refractivity contribution in [3.63, 3.8) is 0 Å². The molecule has 3 rings (SSSR count). The van der Waals surface area contributed by atoms with Crippen molar-refractivity contribution in [1.82, 2.24) is 5.43 Å². The summed E-state index contributed by atoms with van der Waals surface area (Å²) in [7, 11) is 0. The molecule has 0 spiro atoms. The van der Waals surface area contributed by atoms with E-state index in [-0.39, 0.29) is 6.79 Å². The van der Waals surface area contributed by atoms with Crippen LogP contribution in [0, 0.1) is 5.82 Å². The van der Waals surface area contributed by atoms with Crippen LogP contribution in [-0.4, -0.2) is 18.9 Å². The van der Waals surface area contributed by atoms with Crippen LogP contribution in [0.15, 0.2) is 41.5 Å². The quantitative estimate of drug-likeness (QED) is 0.698. The van der Waals surface area contributed by atoms with Gasteiger partial charge in [-0.05, 0) is 30.3 Å². The minimum absolute atomic E-state index is 0.146. The number of nitrogens with one attached hydrogen (secondary N) is 1. The molecule has 1 aliphatic rings. The Morgan fingerprint density at radius 3 is 2.64 bits per heavy atom. The number of carbonyl (C=O) groups is 1. The lowest BCUT2D eigenvalue weighted by Crippen LogP contribution is -2.17. The Balaban J connectivity index is 1.70. The molecule has 5 nitrogen and oxygen atoms in total. The second kappa shape index (κ2) is 6.03. The summed E-state index contributed by atoms with van der Waals surface area (Å²) >= 11 is 6.08. The van der Waals surface area contributed by atoms with Crippen LogP contribution in [0.3, 0.4) is 0 Å². The summed E-state index contributed by atoms with van der Waals surface area (Å²) in [6, 6.07) is 8.42. The molecule has 2 aromatic carbocycles. The zero-order valence-electron chi connectivity index (χ0n) is 11.2. The molecule has 0 saturated carbocycles. The Bertz CT molecular complexity index is 747. The molecule has 0 unspecified atom stereocenters. The van der Waals surface area contributed by atoms with Gasteiger partial charge in [0.2, 0.25) is 6.79 Å². The fourth-order valence-electron chi connectivity index (χ4n) is 1.86. The minimum atomic E-state index is -0.451. The van der Waals surface area contributed by atoms with Gasteiger partial charge in [0.05, 0.1) is 11.2 Å². The Morgan fingerprint density at radius 2 is 1.91 bits per heavy atom. The molecule has 1 heterocycles. The molecule has 1 aliphatic heterocycles. The van der Waals surface area contributed by atoms with E-state index < -0.39 is 11.7 Å². The minimum Gasteiger partial charge on any atom is -0.454 e. The summed E-state index contributed by atoms with van der Waals surface area (Å²) in [4.78, 5) is 11.8. The summed E-state index contributed by atoms with van der Waals surface area (Å²) in [5.74, 6) is 0.272. The molecule has 0 saturated heterocycles. The van der Waals surface area contributed by atoms with Crippen molar-refractivity contribution < 1.29 is 18.7 Å². The molecule has 2 aromatic rings. The van der Waals surface area contributed by atoms with Gasteiger partial charge in [0, 0.05) is 17.2 Å². The maximum Gasteiger partial charge on any atom is 0.271 e. The number of amides is 1. The fraction of sp³-hybridized carbons (Fsp3) is 0.0667. The standard InChI is InChI=1S/C15H10ClFN2O3/c16-12-6-14-13(21-8-22-14)5-10(12)7-18-19-15(20)9-1-3-11(17)4-2-9/h1-7H,8H2,(H,19,20). The smallest absolute Gasteiger partial charge is 0.271 e. The van der Waals surface area contributed by atoms with E-state index in [0.717, 1.165) is 0 Å². The Morgan fingerprint density at radius 1 is 1.23 bits per heavy atom. The number of halogens is 2. The Hall–Kier alpha value is -2.60. The van der Waals surface area contributed by atoms with E-state index in [1.807, 2.05) is 0 Å². The monoisotopic (exact) mass is 320 g/mol. The maximum absolute atomic E-state index is 12.8. The predicted molar refractivity (Wildman–Crippen MR) is 79.0 cm³/mol. The maximum atomic E-state index is 12.8. The molecule has 22 heavy (non-hydrogen) atoms. The van der Waals surface area contributed by atoms with E-state index in [2.05, 4.69) is 10.5 Å². The molecular weight excluding hydrogens is 311 g/mol. The first-order valence-electron chi connectivity index (χ1n) is 6.31.